The zero-order valence-electron chi connectivity index (χ0n) is 22.0. The minimum atomic E-state index is -0.464. The van der Waals surface area contributed by atoms with E-state index in [0.717, 1.165) is 29.6 Å². The maximum absolute atomic E-state index is 15.3. The highest BCUT2D eigenvalue weighted by Crippen LogP contribution is 2.35. The number of hydrogen-bond acceptors (Lipinski definition) is 7. The number of nitrogens with zero attached hydrogens (tertiary/aromatic N) is 1. The van der Waals surface area contributed by atoms with Crippen LogP contribution in [0.2, 0.25) is 0 Å². The van der Waals surface area contributed by atoms with Crippen molar-refractivity contribution in [1.82, 2.24) is 4.98 Å². The molecule has 0 saturated heterocycles. The minimum Gasteiger partial charge on any atom is -0.489 e. The molecule has 0 saturated carbocycles. The van der Waals surface area contributed by atoms with Gasteiger partial charge in [0.05, 0.1) is 18.7 Å². The topological polar surface area (TPSA) is 96.8 Å². The number of carbonyl (C=O) groups is 1. The van der Waals surface area contributed by atoms with E-state index in [4.69, 9.17) is 24.4 Å². The second-order valence-corrected chi connectivity index (χ2v) is 9.18. The predicted octanol–water partition coefficient (Wildman–Crippen LogP) is 5.74. The zero-order valence-corrected chi connectivity index (χ0v) is 22.0. The maximum atomic E-state index is 15.3. The minimum absolute atomic E-state index is 0.00563. The van der Waals surface area contributed by atoms with E-state index in [0.29, 0.717) is 34.6 Å². The Kier molecular flexibility index (Phi) is 9.10. The van der Waals surface area contributed by atoms with Gasteiger partial charge in [0.25, 0.3) is 0 Å². The van der Waals surface area contributed by atoms with Crippen molar-refractivity contribution in [2.24, 2.45) is 5.73 Å². The third-order valence-electron chi connectivity index (χ3n) is 6.10. The summed E-state index contributed by atoms with van der Waals surface area (Å²) in [6, 6.07) is 14.8. The van der Waals surface area contributed by atoms with Crippen molar-refractivity contribution in [1.29, 1.82) is 0 Å². The van der Waals surface area contributed by atoms with Crippen molar-refractivity contribution in [3.05, 3.63) is 83.1 Å². The highest BCUT2D eigenvalue weighted by atomic mass is 19.1. The lowest BCUT2D eigenvalue weighted by molar-refractivity contribution is -0.149. The number of methoxy groups -OCH3 is 1. The fraction of sp³-hybridized carbons (Fsp3) is 0.333. The monoisotopic (exact) mass is 520 g/mol. The Labute approximate surface area is 221 Å². The molecule has 2 aromatic heterocycles. The fourth-order valence-electron chi connectivity index (χ4n) is 4.40. The van der Waals surface area contributed by atoms with E-state index in [9.17, 15) is 4.79 Å². The third kappa shape index (κ3) is 6.38. The van der Waals surface area contributed by atoms with E-state index in [1.165, 1.54) is 0 Å². The van der Waals surface area contributed by atoms with Crippen molar-refractivity contribution in [3.63, 3.8) is 0 Å². The summed E-state index contributed by atoms with van der Waals surface area (Å²) in [5, 5.41) is 0.860. The number of fused-ring (bicyclic) bond motifs is 1. The first-order valence-electron chi connectivity index (χ1n) is 12.7. The van der Waals surface area contributed by atoms with Crippen LogP contribution in [-0.4, -0.2) is 30.8 Å². The quantitative estimate of drug-likeness (QED) is 0.238. The van der Waals surface area contributed by atoms with Crippen LogP contribution < -0.4 is 10.5 Å². The number of pyridine rings is 1. The molecule has 0 aliphatic carbocycles. The normalized spacial score (nSPS) is 12.0. The molecule has 0 amide bonds. The lowest BCUT2D eigenvalue weighted by atomic mass is 10.00. The molecule has 200 valence electrons. The summed E-state index contributed by atoms with van der Waals surface area (Å²) in [6.07, 6.45) is 2.98. The molecule has 2 N–H and O–H groups in total. The van der Waals surface area contributed by atoms with Crippen molar-refractivity contribution in [2.75, 3.05) is 13.7 Å². The highest BCUT2D eigenvalue weighted by Gasteiger charge is 2.18. The second-order valence-electron chi connectivity index (χ2n) is 9.18. The van der Waals surface area contributed by atoms with Crippen LogP contribution in [-0.2, 0) is 40.3 Å². The molecule has 0 bridgehead atoms. The third-order valence-corrected chi connectivity index (χ3v) is 6.10. The summed E-state index contributed by atoms with van der Waals surface area (Å²) in [4.78, 5) is 16.5. The van der Waals surface area contributed by atoms with E-state index >= 15 is 4.39 Å². The summed E-state index contributed by atoms with van der Waals surface area (Å²) in [5.41, 5.74) is 9.03. The lowest BCUT2D eigenvalue weighted by Crippen LogP contribution is -2.21. The Morgan fingerprint density at radius 3 is 2.74 bits per heavy atom. The van der Waals surface area contributed by atoms with Crippen molar-refractivity contribution < 1.29 is 27.8 Å². The van der Waals surface area contributed by atoms with Gasteiger partial charge < -0.3 is 24.4 Å². The molecule has 1 atom stereocenters. The van der Waals surface area contributed by atoms with Crippen LogP contribution in [0, 0.1) is 5.82 Å². The van der Waals surface area contributed by atoms with E-state index in [2.05, 4.69) is 11.9 Å². The van der Waals surface area contributed by atoms with Gasteiger partial charge in [-0.05, 0) is 49.2 Å². The number of aryl methyl sites for hydroxylation is 1. The molecule has 2 aromatic carbocycles. The summed E-state index contributed by atoms with van der Waals surface area (Å²) < 4.78 is 38.0. The molecule has 7 nitrogen and oxygen atoms in total. The Morgan fingerprint density at radius 2 is 1.97 bits per heavy atom. The molecule has 4 aromatic rings. The largest absolute Gasteiger partial charge is 0.489 e. The van der Waals surface area contributed by atoms with Crippen molar-refractivity contribution >= 4 is 16.9 Å². The summed E-state index contributed by atoms with van der Waals surface area (Å²) in [7, 11) is 1.56. The number of halogens is 1. The van der Waals surface area contributed by atoms with E-state index in [1.807, 2.05) is 42.5 Å². The van der Waals surface area contributed by atoms with Crippen molar-refractivity contribution in [2.45, 2.75) is 52.4 Å². The van der Waals surface area contributed by atoms with Gasteiger partial charge in [-0.2, -0.15) is 0 Å². The van der Waals surface area contributed by atoms with Crippen LogP contribution in [0.3, 0.4) is 0 Å². The Bertz CT molecular complexity index is 1400. The summed E-state index contributed by atoms with van der Waals surface area (Å²) >= 11 is 0. The smallest absolute Gasteiger partial charge is 0.310 e. The van der Waals surface area contributed by atoms with Crippen LogP contribution in [0.4, 0.5) is 4.39 Å². The van der Waals surface area contributed by atoms with Gasteiger partial charge in [-0.3, -0.25) is 9.78 Å². The average Bonchev–Trinajstić information content (AvgIpc) is 3.30. The summed E-state index contributed by atoms with van der Waals surface area (Å²) in [5.74, 6) is 0.584. The average molecular weight is 521 g/mol. The van der Waals surface area contributed by atoms with Crippen LogP contribution in [0.5, 0.6) is 5.75 Å². The molecule has 0 fully saturated rings. The van der Waals surface area contributed by atoms with Crippen LogP contribution in [0.1, 0.15) is 42.8 Å². The van der Waals surface area contributed by atoms with Gasteiger partial charge in [0.1, 0.15) is 29.8 Å². The number of rotatable bonds is 12. The molecule has 1 unspecified atom stereocenters. The van der Waals surface area contributed by atoms with E-state index in [1.54, 1.807) is 26.3 Å². The summed E-state index contributed by atoms with van der Waals surface area (Å²) in [6.45, 7) is 4.39. The molecular weight excluding hydrogens is 487 g/mol. The van der Waals surface area contributed by atoms with Gasteiger partial charge in [-0.25, -0.2) is 4.39 Å². The first kappa shape index (κ1) is 27.3. The first-order valence-corrected chi connectivity index (χ1v) is 12.7. The van der Waals surface area contributed by atoms with Gasteiger partial charge in [-0.1, -0.05) is 25.1 Å². The molecule has 0 radical (unpaired) electrons. The molecule has 38 heavy (non-hydrogen) atoms. The number of para-hydroxylation sites is 1. The first-order chi connectivity index (χ1) is 18.4. The van der Waals surface area contributed by atoms with Crippen molar-refractivity contribution in [3.8, 4) is 16.9 Å². The molecule has 8 heteroatoms. The van der Waals surface area contributed by atoms with Crippen LogP contribution in [0.15, 0.2) is 59.1 Å². The molecule has 0 aliphatic rings. The SMILES string of the molecule is CCCc1cc2cc(COc3ccccc3CC(=O)OC(C)COC)cc(-c3ccnc(CN)c3F)c2o1. The number of benzene rings is 2. The molecule has 2 heterocycles. The fourth-order valence-corrected chi connectivity index (χ4v) is 4.40. The standard InChI is InChI=1S/C30H33FN2O5/c1-4-7-23-14-22-12-20(13-25(30(22)38-23)24-10-11-33-26(16-32)29(24)31)18-36-27-9-6-5-8-21(27)15-28(34)37-19(2)17-35-3/h5-6,8-14,19H,4,7,15-18,32H2,1-3H3. The molecule has 4 rings (SSSR count). The Morgan fingerprint density at radius 1 is 1.16 bits per heavy atom. The van der Waals surface area contributed by atoms with Gasteiger partial charge in [0.2, 0.25) is 0 Å². The Balaban J connectivity index is 1.63. The van der Waals surface area contributed by atoms with Gasteiger partial charge in [-0.15, -0.1) is 0 Å². The molecular formula is C30H33FN2O5. The van der Waals surface area contributed by atoms with Crippen LogP contribution in [0.25, 0.3) is 22.1 Å². The number of nitrogens with two attached hydrogens (primary N) is 1. The highest BCUT2D eigenvalue weighted by molar-refractivity contribution is 5.93. The van der Waals surface area contributed by atoms with Gasteiger partial charge in [0, 0.05) is 48.3 Å². The number of aromatic nitrogens is 1. The zero-order chi connectivity index (χ0) is 27.1. The van der Waals surface area contributed by atoms with E-state index < -0.39 is 5.82 Å². The maximum Gasteiger partial charge on any atom is 0.310 e. The van der Waals surface area contributed by atoms with E-state index in [-0.39, 0.29) is 37.3 Å². The number of ether oxygens (including phenoxy) is 3. The lowest BCUT2D eigenvalue weighted by Gasteiger charge is -2.15. The molecule has 0 aliphatic heterocycles. The predicted molar refractivity (Wildman–Crippen MR) is 143 cm³/mol. The van der Waals surface area contributed by atoms with Gasteiger partial charge >= 0.3 is 5.97 Å². The second kappa shape index (κ2) is 12.7. The number of hydrogen-bond donors (Lipinski definition) is 1. The number of carbonyl (C=O) groups excluding carboxylic acids is 1. The number of furan rings is 1. The molecule has 0 spiro atoms. The van der Waals surface area contributed by atoms with Crippen LogP contribution >= 0.6 is 0 Å². The number of esters is 1. The Hall–Kier alpha value is -3.75. The van der Waals surface area contributed by atoms with Gasteiger partial charge in [0.15, 0.2) is 5.82 Å².